The molecule has 0 radical (unpaired) electrons. The lowest BCUT2D eigenvalue weighted by molar-refractivity contribution is -0.136. The van der Waals surface area contributed by atoms with E-state index in [1.807, 2.05) is 68.5 Å². The highest BCUT2D eigenvalue weighted by molar-refractivity contribution is 5.90. The van der Waals surface area contributed by atoms with E-state index >= 15 is 0 Å². The monoisotopic (exact) mass is 544 g/mol. The van der Waals surface area contributed by atoms with Gasteiger partial charge in [0.2, 0.25) is 11.8 Å². The highest BCUT2D eigenvalue weighted by atomic mass is 16.2. The summed E-state index contributed by atoms with van der Waals surface area (Å²) in [5.41, 5.74) is 9.77. The highest BCUT2D eigenvalue weighted by Crippen LogP contribution is 2.52. The Morgan fingerprint density at radius 3 is 2.52 bits per heavy atom. The summed E-state index contributed by atoms with van der Waals surface area (Å²) in [6.45, 7) is 3.76. The van der Waals surface area contributed by atoms with Crippen molar-refractivity contribution in [1.29, 1.82) is 0 Å². The smallest absolute Gasteiger partial charge is 0.315 e. The second-order valence-corrected chi connectivity index (χ2v) is 11.4. The van der Waals surface area contributed by atoms with Crippen LogP contribution in [0.3, 0.4) is 0 Å². The van der Waals surface area contributed by atoms with E-state index < -0.39 is 12.1 Å². The van der Waals surface area contributed by atoms with Crippen molar-refractivity contribution in [2.75, 3.05) is 40.3 Å². The number of piperidine rings is 1. The Kier molecular flexibility index (Phi) is 7.85. The van der Waals surface area contributed by atoms with E-state index in [0.717, 1.165) is 41.3 Å². The molecule has 40 heavy (non-hydrogen) atoms. The van der Waals surface area contributed by atoms with Crippen LogP contribution in [0.4, 0.5) is 4.79 Å². The number of nitrogens with zero attached hydrogens (tertiary/aromatic N) is 2. The molecule has 2 aromatic carbocycles. The zero-order valence-corrected chi connectivity index (χ0v) is 23.6. The number of H-pyrrole nitrogens is 1. The lowest BCUT2D eigenvalue weighted by Crippen LogP contribution is -2.56. The Labute approximate surface area is 235 Å². The summed E-state index contributed by atoms with van der Waals surface area (Å²) in [5, 5.41) is 6.73. The summed E-state index contributed by atoms with van der Waals surface area (Å²) in [6, 6.07) is 15.1. The van der Waals surface area contributed by atoms with Crippen LogP contribution in [0.15, 0.2) is 54.7 Å². The van der Waals surface area contributed by atoms with Crippen molar-refractivity contribution in [2.45, 2.75) is 49.5 Å². The molecule has 212 valence electrons. The molecule has 0 bridgehead atoms. The van der Waals surface area contributed by atoms with Crippen LogP contribution in [0, 0.1) is 0 Å². The maximum atomic E-state index is 14.1. The highest BCUT2D eigenvalue weighted by Gasteiger charge is 2.48. The van der Waals surface area contributed by atoms with Gasteiger partial charge in [-0.15, -0.1) is 0 Å². The van der Waals surface area contributed by atoms with Gasteiger partial charge in [-0.1, -0.05) is 49.4 Å². The average Bonchev–Trinajstić information content (AvgIpc) is 3.54. The van der Waals surface area contributed by atoms with Crippen LogP contribution in [0.25, 0.3) is 10.9 Å². The van der Waals surface area contributed by atoms with Crippen molar-refractivity contribution in [2.24, 2.45) is 5.73 Å². The molecule has 3 unspecified atom stereocenters. The van der Waals surface area contributed by atoms with E-state index in [1.54, 1.807) is 4.90 Å². The molecular formula is C31H40N6O3. The van der Waals surface area contributed by atoms with Gasteiger partial charge >= 0.3 is 6.03 Å². The van der Waals surface area contributed by atoms with E-state index in [0.29, 0.717) is 26.2 Å². The van der Waals surface area contributed by atoms with Gasteiger partial charge in [-0.3, -0.25) is 9.59 Å². The Morgan fingerprint density at radius 1 is 1.10 bits per heavy atom. The molecule has 1 aromatic heterocycles. The molecule has 5 N–H and O–H groups in total. The standard InChI is InChI=1S/C31H40N6O3/c1-20(24-19-34-26-11-7-5-9-22(24)26)27(35-30(40)33-15-14-32)29(39)37-16-12-31(13-17-37)18-23(28(38)36(2)3)21-8-4-6-10-25(21)31/h4-11,19-20,23,27,34H,12-18,32H2,1-3H3,(H2,33,35,40). The number of para-hydroxylation sites is 1. The normalized spacial score (nSPS) is 19.2. The topological polar surface area (TPSA) is 124 Å². The Balaban J connectivity index is 1.37. The van der Waals surface area contributed by atoms with Gasteiger partial charge in [0.25, 0.3) is 0 Å². The molecule has 9 nitrogen and oxygen atoms in total. The van der Waals surface area contributed by atoms with Crippen molar-refractivity contribution >= 4 is 28.7 Å². The summed E-state index contributed by atoms with van der Waals surface area (Å²) in [4.78, 5) is 46.7. The second kappa shape index (κ2) is 11.3. The number of rotatable bonds is 7. The molecule has 3 aromatic rings. The number of carbonyl (C=O) groups excluding carboxylic acids is 3. The fourth-order valence-electron chi connectivity index (χ4n) is 6.68. The van der Waals surface area contributed by atoms with Crippen LogP contribution in [-0.4, -0.2) is 78.9 Å². The molecular weight excluding hydrogens is 504 g/mol. The quantitative estimate of drug-likeness (QED) is 0.365. The van der Waals surface area contributed by atoms with E-state index in [-0.39, 0.29) is 29.1 Å². The first-order valence-corrected chi connectivity index (χ1v) is 14.2. The van der Waals surface area contributed by atoms with Crippen molar-refractivity contribution in [1.82, 2.24) is 25.4 Å². The number of carbonyl (C=O) groups is 3. The van der Waals surface area contributed by atoms with Gasteiger partial charge in [-0.2, -0.15) is 0 Å². The molecule has 1 aliphatic heterocycles. The van der Waals surface area contributed by atoms with Crippen LogP contribution in [-0.2, 0) is 15.0 Å². The van der Waals surface area contributed by atoms with Gasteiger partial charge in [0.05, 0.1) is 5.92 Å². The number of likely N-dealkylation sites (N-methyl/N-ethyl adjacent to an activating group) is 1. The van der Waals surface area contributed by atoms with E-state index in [9.17, 15) is 14.4 Å². The lowest BCUT2D eigenvalue weighted by atomic mass is 9.73. The van der Waals surface area contributed by atoms with Crippen LogP contribution < -0.4 is 16.4 Å². The van der Waals surface area contributed by atoms with Crippen LogP contribution in [0.5, 0.6) is 0 Å². The number of aromatic amines is 1. The Bertz CT molecular complexity index is 1390. The number of aromatic nitrogens is 1. The number of nitrogens with two attached hydrogens (primary N) is 1. The molecule has 9 heteroatoms. The number of urea groups is 1. The molecule has 1 saturated heterocycles. The lowest BCUT2D eigenvalue weighted by Gasteiger charge is -2.42. The summed E-state index contributed by atoms with van der Waals surface area (Å²) in [6.07, 6.45) is 4.25. The summed E-state index contributed by atoms with van der Waals surface area (Å²) in [7, 11) is 3.62. The SMILES string of the molecule is CC(c1c[nH]c2ccccc12)C(NC(=O)NCCN)C(=O)N1CCC2(CC1)CC(C(=O)N(C)C)c1ccccc12. The van der Waals surface area contributed by atoms with Gasteiger partial charge in [0.15, 0.2) is 0 Å². The number of benzene rings is 2. The molecule has 2 heterocycles. The summed E-state index contributed by atoms with van der Waals surface area (Å²) < 4.78 is 0. The van der Waals surface area contributed by atoms with Crippen molar-refractivity contribution in [3.05, 3.63) is 71.4 Å². The van der Waals surface area contributed by atoms with Gasteiger partial charge in [0.1, 0.15) is 6.04 Å². The third-order valence-corrected chi connectivity index (χ3v) is 8.87. The van der Waals surface area contributed by atoms with Gasteiger partial charge in [0, 0.05) is 68.7 Å². The molecule has 1 spiro atoms. The van der Waals surface area contributed by atoms with Crippen LogP contribution in [0.2, 0.25) is 0 Å². The molecule has 5 rings (SSSR count). The number of amides is 4. The number of hydrogen-bond donors (Lipinski definition) is 4. The number of likely N-dealkylation sites (tertiary alicyclic amines) is 1. The predicted octanol–water partition coefficient (Wildman–Crippen LogP) is 3.03. The summed E-state index contributed by atoms with van der Waals surface area (Å²) in [5.74, 6) is -0.390. The van der Waals surface area contributed by atoms with Crippen molar-refractivity contribution in [3.63, 3.8) is 0 Å². The first kappa shape index (κ1) is 27.7. The first-order valence-electron chi connectivity index (χ1n) is 14.2. The Morgan fingerprint density at radius 2 is 1.80 bits per heavy atom. The molecule has 1 aliphatic carbocycles. The molecule has 0 saturated carbocycles. The van der Waals surface area contributed by atoms with Gasteiger partial charge < -0.3 is 31.2 Å². The fourth-order valence-corrected chi connectivity index (χ4v) is 6.68. The van der Waals surface area contributed by atoms with E-state index in [2.05, 4.69) is 27.8 Å². The molecule has 3 atom stereocenters. The minimum absolute atomic E-state index is 0.0947. The number of fused-ring (bicyclic) bond motifs is 3. The molecule has 4 amide bonds. The minimum Gasteiger partial charge on any atom is -0.361 e. The average molecular weight is 545 g/mol. The van der Waals surface area contributed by atoms with Crippen molar-refractivity contribution < 1.29 is 14.4 Å². The fraction of sp³-hybridized carbons (Fsp3) is 0.452. The Hall–Kier alpha value is -3.85. The summed E-state index contributed by atoms with van der Waals surface area (Å²) >= 11 is 0. The third kappa shape index (κ3) is 5.06. The van der Waals surface area contributed by atoms with Crippen molar-refractivity contribution in [3.8, 4) is 0 Å². The minimum atomic E-state index is -0.745. The maximum Gasteiger partial charge on any atom is 0.315 e. The largest absolute Gasteiger partial charge is 0.361 e. The molecule has 2 aliphatic rings. The van der Waals surface area contributed by atoms with E-state index in [1.165, 1.54) is 5.56 Å². The third-order valence-electron chi connectivity index (χ3n) is 8.87. The van der Waals surface area contributed by atoms with Gasteiger partial charge in [-0.25, -0.2) is 4.79 Å². The maximum absolute atomic E-state index is 14.1. The zero-order valence-electron chi connectivity index (χ0n) is 23.6. The van der Waals surface area contributed by atoms with Crippen LogP contribution >= 0.6 is 0 Å². The van der Waals surface area contributed by atoms with Crippen LogP contribution in [0.1, 0.15) is 54.7 Å². The number of hydrogen-bond acceptors (Lipinski definition) is 4. The number of nitrogens with one attached hydrogen (secondary N) is 3. The predicted molar refractivity (Wildman–Crippen MR) is 156 cm³/mol. The first-order chi connectivity index (χ1) is 19.3. The van der Waals surface area contributed by atoms with E-state index in [4.69, 9.17) is 5.73 Å². The van der Waals surface area contributed by atoms with Gasteiger partial charge in [-0.05, 0) is 42.0 Å². The molecule has 1 fully saturated rings. The zero-order chi connectivity index (χ0) is 28.4. The second-order valence-electron chi connectivity index (χ2n) is 11.4.